The van der Waals surface area contributed by atoms with Crippen LogP contribution in [0.5, 0.6) is 5.75 Å². The Kier molecular flexibility index (Phi) is 4.22. The fourth-order valence-electron chi connectivity index (χ4n) is 2.05. The molecule has 1 fully saturated rings. The van der Waals surface area contributed by atoms with Gasteiger partial charge in [0, 0.05) is 19.0 Å². The molecule has 1 unspecified atom stereocenters. The van der Waals surface area contributed by atoms with Crippen LogP contribution in [0, 0.1) is 5.92 Å². The third-order valence-electron chi connectivity index (χ3n) is 2.95. The van der Waals surface area contributed by atoms with E-state index in [1.54, 1.807) is 0 Å². The monoisotopic (exact) mass is 223 g/mol. The molecule has 2 heterocycles. The number of hydrogen-bond acceptors (Lipinski definition) is 3. The Bertz CT molecular complexity index is 305. The summed E-state index contributed by atoms with van der Waals surface area (Å²) in [4.78, 5) is 0. The molecule has 1 aliphatic rings. The van der Waals surface area contributed by atoms with E-state index in [-0.39, 0.29) is 0 Å². The van der Waals surface area contributed by atoms with E-state index in [0.29, 0.717) is 5.92 Å². The summed E-state index contributed by atoms with van der Waals surface area (Å²) in [5.74, 6) is 1.56. The van der Waals surface area contributed by atoms with E-state index in [4.69, 9.17) is 4.74 Å². The first-order chi connectivity index (χ1) is 7.88. The van der Waals surface area contributed by atoms with E-state index < -0.39 is 0 Å². The summed E-state index contributed by atoms with van der Waals surface area (Å²) in [6.07, 6.45) is 7.44. The molecule has 90 valence electrons. The predicted octanol–water partition coefficient (Wildman–Crippen LogP) is 1.67. The van der Waals surface area contributed by atoms with Gasteiger partial charge in [0.25, 0.3) is 0 Å². The van der Waals surface area contributed by atoms with Crippen molar-refractivity contribution in [2.75, 3.05) is 19.7 Å². The number of hydrogen-bond donors (Lipinski definition) is 1. The van der Waals surface area contributed by atoms with Crippen molar-refractivity contribution in [2.24, 2.45) is 5.92 Å². The molecule has 1 atom stereocenters. The molecule has 0 saturated carbocycles. The van der Waals surface area contributed by atoms with E-state index >= 15 is 0 Å². The maximum atomic E-state index is 5.75. The van der Waals surface area contributed by atoms with Gasteiger partial charge in [0.05, 0.1) is 19.0 Å². The lowest BCUT2D eigenvalue weighted by Gasteiger charge is -2.22. The van der Waals surface area contributed by atoms with Crippen LogP contribution in [0.4, 0.5) is 0 Å². The van der Waals surface area contributed by atoms with Gasteiger partial charge in [0.1, 0.15) is 0 Å². The van der Waals surface area contributed by atoms with Crippen molar-refractivity contribution in [1.82, 2.24) is 15.1 Å². The lowest BCUT2D eigenvalue weighted by molar-refractivity contribution is 0.218. The molecular weight excluding hydrogens is 202 g/mol. The Morgan fingerprint density at radius 1 is 1.62 bits per heavy atom. The van der Waals surface area contributed by atoms with Gasteiger partial charge in [-0.05, 0) is 25.8 Å². The van der Waals surface area contributed by atoms with E-state index in [1.807, 2.05) is 17.1 Å². The fourth-order valence-corrected chi connectivity index (χ4v) is 2.05. The SMILES string of the molecule is CCCn1cc(OCC2CCCNC2)cn1. The molecule has 1 saturated heterocycles. The molecule has 1 aliphatic heterocycles. The quantitative estimate of drug-likeness (QED) is 0.825. The smallest absolute Gasteiger partial charge is 0.157 e. The zero-order valence-electron chi connectivity index (χ0n) is 9.98. The standard InChI is InChI=1S/C12H21N3O/c1-2-6-15-9-12(8-14-15)16-10-11-4-3-5-13-7-11/h8-9,11,13H,2-7,10H2,1H3. The van der Waals surface area contributed by atoms with Crippen LogP contribution in [-0.4, -0.2) is 29.5 Å². The van der Waals surface area contributed by atoms with Gasteiger partial charge in [-0.15, -0.1) is 0 Å². The van der Waals surface area contributed by atoms with Crippen LogP contribution in [-0.2, 0) is 6.54 Å². The van der Waals surface area contributed by atoms with Crippen molar-refractivity contribution in [1.29, 1.82) is 0 Å². The molecule has 4 nitrogen and oxygen atoms in total. The summed E-state index contributed by atoms with van der Waals surface area (Å²) in [6, 6.07) is 0. The van der Waals surface area contributed by atoms with Crippen molar-refractivity contribution in [3.63, 3.8) is 0 Å². The van der Waals surface area contributed by atoms with Gasteiger partial charge in [-0.2, -0.15) is 5.10 Å². The first-order valence-electron chi connectivity index (χ1n) is 6.24. The van der Waals surface area contributed by atoms with Gasteiger partial charge in [0.2, 0.25) is 0 Å². The van der Waals surface area contributed by atoms with Gasteiger partial charge >= 0.3 is 0 Å². The topological polar surface area (TPSA) is 39.1 Å². The Labute approximate surface area is 97.0 Å². The third-order valence-corrected chi connectivity index (χ3v) is 2.95. The van der Waals surface area contributed by atoms with E-state index in [0.717, 1.165) is 38.4 Å². The van der Waals surface area contributed by atoms with E-state index in [1.165, 1.54) is 12.8 Å². The molecule has 0 radical (unpaired) electrons. The zero-order valence-corrected chi connectivity index (χ0v) is 9.98. The van der Waals surface area contributed by atoms with Crippen LogP contribution >= 0.6 is 0 Å². The van der Waals surface area contributed by atoms with Gasteiger partial charge < -0.3 is 10.1 Å². The lowest BCUT2D eigenvalue weighted by Crippen LogP contribution is -2.32. The number of ether oxygens (including phenoxy) is 1. The van der Waals surface area contributed by atoms with Gasteiger partial charge in [-0.3, -0.25) is 4.68 Å². The molecule has 0 aromatic carbocycles. The van der Waals surface area contributed by atoms with Crippen molar-refractivity contribution >= 4 is 0 Å². The normalized spacial score (nSPS) is 20.9. The number of rotatable bonds is 5. The van der Waals surface area contributed by atoms with Crippen molar-refractivity contribution < 1.29 is 4.74 Å². The molecule has 1 aromatic heterocycles. The second-order valence-corrected chi connectivity index (χ2v) is 4.46. The van der Waals surface area contributed by atoms with E-state index in [2.05, 4.69) is 17.3 Å². The van der Waals surface area contributed by atoms with Crippen LogP contribution in [0.15, 0.2) is 12.4 Å². The van der Waals surface area contributed by atoms with Crippen LogP contribution in [0.1, 0.15) is 26.2 Å². The number of piperidine rings is 1. The van der Waals surface area contributed by atoms with Gasteiger partial charge in [0.15, 0.2) is 5.75 Å². The highest BCUT2D eigenvalue weighted by atomic mass is 16.5. The highest BCUT2D eigenvalue weighted by molar-refractivity contribution is 5.11. The lowest BCUT2D eigenvalue weighted by atomic mass is 10.0. The average Bonchev–Trinajstić information content (AvgIpc) is 2.76. The maximum absolute atomic E-state index is 5.75. The van der Waals surface area contributed by atoms with Crippen LogP contribution in [0.3, 0.4) is 0 Å². The number of aromatic nitrogens is 2. The molecular formula is C12H21N3O. The summed E-state index contributed by atoms with van der Waals surface area (Å²) in [5.41, 5.74) is 0. The third kappa shape index (κ3) is 3.23. The Morgan fingerprint density at radius 3 is 3.31 bits per heavy atom. The van der Waals surface area contributed by atoms with E-state index in [9.17, 15) is 0 Å². The summed E-state index contributed by atoms with van der Waals surface area (Å²) < 4.78 is 7.69. The maximum Gasteiger partial charge on any atom is 0.157 e. The van der Waals surface area contributed by atoms with Gasteiger partial charge in [-0.25, -0.2) is 0 Å². The highest BCUT2D eigenvalue weighted by Gasteiger charge is 2.13. The molecule has 0 bridgehead atoms. The summed E-state index contributed by atoms with van der Waals surface area (Å²) in [6.45, 7) is 6.17. The second-order valence-electron chi connectivity index (χ2n) is 4.46. The minimum absolute atomic E-state index is 0.656. The molecule has 1 N–H and O–H groups in total. The summed E-state index contributed by atoms with van der Waals surface area (Å²) in [7, 11) is 0. The fraction of sp³-hybridized carbons (Fsp3) is 0.750. The first kappa shape index (κ1) is 11.5. The number of aryl methyl sites for hydroxylation is 1. The largest absolute Gasteiger partial charge is 0.490 e. The molecule has 4 heteroatoms. The van der Waals surface area contributed by atoms with Crippen molar-refractivity contribution in [3.8, 4) is 5.75 Å². The predicted molar refractivity (Wildman–Crippen MR) is 63.6 cm³/mol. The summed E-state index contributed by atoms with van der Waals surface area (Å²) in [5, 5.41) is 7.64. The Morgan fingerprint density at radius 2 is 2.56 bits per heavy atom. The molecule has 0 spiro atoms. The van der Waals surface area contributed by atoms with Crippen molar-refractivity contribution in [2.45, 2.75) is 32.7 Å². The minimum atomic E-state index is 0.656. The number of nitrogens with zero attached hydrogens (tertiary/aromatic N) is 2. The second kappa shape index (κ2) is 5.89. The molecule has 2 rings (SSSR count). The molecule has 0 aliphatic carbocycles. The average molecular weight is 223 g/mol. The van der Waals surface area contributed by atoms with Crippen molar-refractivity contribution in [3.05, 3.63) is 12.4 Å². The zero-order chi connectivity index (χ0) is 11.2. The van der Waals surface area contributed by atoms with Crippen LogP contribution in [0.2, 0.25) is 0 Å². The molecule has 1 aromatic rings. The molecule has 16 heavy (non-hydrogen) atoms. The summed E-state index contributed by atoms with van der Waals surface area (Å²) >= 11 is 0. The minimum Gasteiger partial charge on any atom is -0.490 e. The highest BCUT2D eigenvalue weighted by Crippen LogP contribution is 2.14. The van der Waals surface area contributed by atoms with Crippen LogP contribution < -0.4 is 10.1 Å². The van der Waals surface area contributed by atoms with Gasteiger partial charge in [-0.1, -0.05) is 6.92 Å². The Balaban J connectivity index is 1.75. The molecule has 0 amide bonds. The number of nitrogens with one attached hydrogen (secondary N) is 1. The first-order valence-corrected chi connectivity index (χ1v) is 6.24. The van der Waals surface area contributed by atoms with Crippen LogP contribution in [0.25, 0.3) is 0 Å². The Hall–Kier alpha value is -1.03.